The molecule has 1 atom stereocenters. The normalized spacial score (nSPS) is 25.5. The predicted molar refractivity (Wildman–Crippen MR) is 86.3 cm³/mol. The van der Waals surface area contributed by atoms with Crippen LogP contribution in [0.15, 0.2) is 29.8 Å². The molecule has 8 heteroatoms. The maximum absolute atomic E-state index is 13.1. The number of rotatable bonds is 5. The molecule has 0 spiro atoms. The van der Waals surface area contributed by atoms with Crippen LogP contribution in [0.4, 0.5) is 10.1 Å². The van der Waals surface area contributed by atoms with Gasteiger partial charge in [0.05, 0.1) is 24.3 Å². The summed E-state index contributed by atoms with van der Waals surface area (Å²) in [4.78, 5) is 12.1. The minimum atomic E-state index is -4.65. The molecule has 2 rings (SSSR count). The number of esters is 1. The second-order valence-corrected chi connectivity index (χ2v) is 6.73. The monoisotopic (exact) mass is 364 g/mol. The lowest BCUT2D eigenvalue weighted by Gasteiger charge is -2.24. The summed E-state index contributed by atoms with van der Waals surface area (Å²) in [5.74, 6) is -1.69. The fraction of sp³-hybridized carbons (Fsp3) is 0.400. The van der Waals surface area contributed by atoms with E-state index in [4.69, 9.17) is 20.5 Å². The molecule has 1 aromatic carbocycles. The molecule has 0 saturated heterocycles. The first-order valence-corrected chi connectivity index (χ1v) is 8.63. The number of anilines is 1. The molecule has 0 amide bonds. The molecule has 1 N–H and O–H groups in total. The number of hydrogen-bond donors (Lipinski definition) is 1. The summed E-state index contributed by atoms with van der Waals surface area (Å²) in [5, 5.41) is -2.88. The molecular weight excluding hydrogens is 345 g/mol. The molecule has 1 aliphatic carbocycles. The zero-order valence-electron chi connectivity index (χ0n) is 15.2. The van der Waals surface area contributed by atoms with Crippen LogP contribution >= 0.6 is 11.6 Å². The molecular formula is C15H17ClFNO4S. The Kier molecular flexibility index (Phi) is 4.39. The number of allylic oxidation sites excluding steroid dienone is 1. The number of sulfonamides is 1. The van der Waals surface area contributed by atoms with Crippen LogP contribution in [0, 0.1) is 5.82 Å². The van der Waals surface area contributed by atoms with Crippen molar-refractivity contribution in [2.45, 2.75) is 31.4 Å². The van der Waals surface area contributed by atoms with Crippen LogP contribution < -0.4 is 4.72 Å². The van der Waals surface area contributed by atoms with Crippen molar-refractivity contribution in [2.75, 3.05) is 11.3 Å². The van der Waals surface area contributed by atoms with Crippen molar-refractivity contribution < 1.29 is 26.5 Å². The van der Waals surface area contributed by atoms with Crippen molar-refractivity contribution in [1.82, 2.24) is 0 Å². The molecule has 0 unspecified atom stereocenters. The van der Waals surface area contributed by atoms with Crippen molar-refractivity contribution in [3.8, 4) is 0 Å². The molecule has 0 radical (unpaired) electrons. The van der Waals surface area contributed by atoms with E-state index < -0.39 is 45.4 Å². The molecule has 0 saturated carbocycles. The van der Waals surface area contributed by atoms with Crippen LogP contribution in [0.25, 0.3) is 0 Å². The lowest BCUT2D eigenvalue weighted by atomic mass is 9.99. The van der Waals surface area contributed by atoms with Crippen molar-refractivity contribution in [1.29, 1.82) is 0 Å². The summed E-state index contributed by atoms with van der Waals surface area (Å²) in [6, 6.07) is 2.94. The van der Waals surface area contributed by atoms with Crippen LogP contribution in [0.3, 0.4) is 0 Å². The van der Waals surface area contributed by atoms with Gasteiger partial charge in [0.15, 0.2) is 0 Å². The summed E-state index contributed by atoms with van der Waals surface area (Å²) in [5.41, 5.74) is -0.658. The average Bonchev–Trinajstić information content (AvgIpc) is 2.49. The quantitative estimate of drug-likeness (QED) is 0.814. The van der Waals surface area contributed by atoms with Crippen molar-refractivity contribution in [3.05, 3.63) is 40.7 Å². The van der Waals surface area contributed by atoms with Gasteiger partial charge in [-0.2, -0.15) is 0 Å². The van der Waals surface area contributed by atoms with Gasteiger partial charge in [0.25, 0.3) is 0 Å². The zero-order chi connectivity index (χ0) is 19.8. The summed E-state index contributed by atoms with van der Waals surface area (Å²) in [6.45, 7) is 1.49. The topological polar surface area (TPSA) is 72.5 Å². The summed E-state index contributed by atoms with van der Waals surface area (Å²) in [7, 11) is -4.65. The van der Waals surface area contributed by atoms with Gasteiger partial charge in [-0.3, -0.25) is 4.72 Å². The molecule has 0 aromatic heterocycles. The van der Waals surface area contributed by atoms with Crippen LogP contribution in [-0.2, 0) is 19.6 Å². The highest BCUT2D eigenvalue weighted by Crippen LogP contribution is 2.30. The van der Waals surface area contributed by atoms with Gasteiger partial charge >= 0.3 is 5.97 Å². The Bertz CT molecular complexity index is 862. The maximum atomic E-state index is 13.1. The van der Waals surface area contributed by atoms with Gasteiger partial charge in [0.1, 0.15) is 11.0 Å². The molecule has 126 valence electrons. The number of benzene rings is 1. The number of nitrogens with one attached hydrogen (secondary N) is 1. The highest BCUT2D eigenvalue weighted by atomic mass is 35.5. The largest absolute Gasteiger partial charge is 0.463 e. The number of carbonyl (C=O) groups excluding carboxylic acids is 1. The Labute approximate surface area is 143 Å². The molecule has 0 bridgehead atoms. The second kappa shape index (κ2) is 7.31. The van der Waals surface area contributed by atoms with E-state index in [-0.39, 0.29) is 23.7 Å². The third-order valence-corrected chi connectivity index (χ3v) is 4.85. The summed E-state index contributed by atoms with van der Waals surface area (Å²) >= 11 is 5.82. The van der Waals surface area contributed by atoms with Crippen LogP contribution in [0.1, 0.15) is 30.3 Å². The minimum Gasteiger partial charge on any atom is -0.463 e. The minimum absolute atomic E-state index is 0.0313. The van der Waals surface area contributed by atoms with Gasteiger partial charge in [-0.05, 0) is 44.3 Å². The first-order chi connectivity index (χ1) is 11.9. The first-order valence-electron chi connectivity index (χ1n) is 8.27. The smallest absolute Gasteiger partial charge is 0.335 e. The number of carbonyl (C=O) groups is 1. The van der Waals surface area contributed by atoms with Crippen molar-refractivity contribution in [2.24, 2.45) is 0 Å². The van der Waals surface area contributed by atoms with E-state index in [9.17, 15) is 17.6 Å². The Morgan fingerprint density at radius 1 is 1.61 bits per heavy atom. The van der Waals surface area contributed by atoms with Crippen molar-refractivity contribution >= 4 is 33.3 Å². The molecule has 1 aromatic rings. The Balaban J connectivity index is 2.49. The van der Waals surface area contributed by atoms with E-state index in [0.717, 1.165) is 24.3 Å². The van der Waals surface area contributed by atoms with E-state index in [1.54, 1.807) is 0 Å². The third kappa shape index (κ3) is 4.23. The van der Waals surface area contributed by atoms with E-state index in [0.29, 0.717) is 0 Å². The van der Waals surface area contributed by atoms with Crippen LogP contribution in [-0.4, -0.2) is 26.2 Å². The van der Waals surface area contributed by atoms with Gasteiger partial charge in [0.2, 0.25) is 10.0 Å². The van der Waals surface area contributed by atoms with Gasteiger partial charge in [0, 0.05) is 2.74 Å². The van der Waals surface area contributed by atoms with Crippen LogP contribution in [0.5, 0.6) is 0 Å². The van der Waals surface area contributed by atoms with Gasteiger partial charge in [-0.1, -0.05) is 17.7 Å². The molecule has 0 fully saturated rings. The van der Waals surface area contributed by atoms with E-state index in [2.05, 4.69) is 4.72 Å². The molecule has 5 nitrogen and oxygen atoms in total. The molecule has 1 aliphatic rings. The Morgan fingerprint density at radius 3 is 3.00 bits per heavy atom. The highest BCUT2D eigenvalue weighted by Gasteiger charge is 2.35. The predicted octanol–water partition coefficient (Wildman–Crippen LogP) is 3.26. The fourth-order valence-corrected chi connectivity index (χ4v) is 3.60. The van der Waals surface area contributed by atoms with E-state index in [1.165, 1.54) is 6.92 Å². The standard InChI is InChI=1S/C15H17ClFNO4S/c1-2-22-15(19)11-5-3-4-6-14(11)23(20,21)18-13-8-7-10(17)9-12(13)16/h5,7-9,14,18H,2-4,6H2,1H3/t14-/m1/s1/i4D2,14D. The first kappa shape index (κ1) is 13.8. The summed E-state index contributed by atoms with van der Waals surface area (Å²) < 4.78 is 69.8. The number of hydrogen-bond acceptors (Lipinski definition) is 4. The SMILES string of the molecule is [2H]C1([2H])CC=C(C(=O)OCC)[C@]([2H])(S(=O)(=O)Nc2ccc(F)cc2Cl)C1. The average molecular weight is 365 g/mol. The lowest BCUT2D eigenvalue weighted by molar-refractivity contribution is -0.138. The number of ether oxygens (including phenoxy) is 1. The van der Waals surface area contributed by atoms with Crippen LogP contribution in [0.2, 0.25) is 5.02 Å². The Hall–Kier alpha value is -1.60. The Morgan fingerprint density at radius 2 is 2.35 bits per heavy atom. The third-order valence-electron chi connectivity index (χ3n) is 3.03. The van der Waals surface area contributed by atoms with Crippen molar-refractivity contribution in [3.63, 3.8) is 0 Å². The molecule has 0 heterocycles. The van der Waals surface area contributed by atoms with Gasteiger partial charge in [-0.15, -0.1) is 0 Å². The zero-order valence-corrected chi connectivity index (χ0v) is 13.8. The highest BCUT2D eigenvalue weighted by molar-refractivity contribution is 7.93. The summed E-state index contributed by atoms with van der Waals surface area (Å²) in [6.07, 6.45) is -1.95. The fourth-order valence-electron chi connectivity index (χ4n) is 1.99. The van der Waals surface area contributed by atoms with E-state index in [1.807, 2.05) is 0 Å². The lowest BCUT2D eigenvalue weighted by Crippen LogP contribution is -2.34. The van der Waals surface area contributed by atoms with E-state index >= 15 is 0 Å². The van der Waals surface area contributed by atoms with Gasteiger partial charge in [-0.25, -0.2) is 17.6 Å². The second-order valence-electron chi connectivity index (χ2n) is 4.62. The maximum Gasteiger partial charge on any atom is 0.335 e. The van der Waals surface area contributed by atoms with Gasteiger partial charge < -0.3 is 4.74 Å². The number of halogens is 2. The molecule has 0 aliphatic heterocycles. The molecule has 23 heavy (non-hydrogen) atoms.